The molecule has 1 heteroatoms. The summed E-state index contributed by atoms with van der Waals surface area (Å²) in [5.74, 6) is 1.73. The van der Waals surface area contributed by atoms with Crippen LogP contribution in [0.4, 0.5) is 0 Å². The minimum absolute atomic E-state index is 0.825. The molecule has 0 saturated heterocycles. The highest BCUT2D eigenvalue weighted by Crippen LogP contribution is 2.26. The van der Waals surface area contributed by atoms with Crippen molar-refractivity contribution in [2.24, 2.45) is 0 Å². The maximum Gasteiger partial charge on any atom is 0.134 e. The van der Waals surface area contributed by atoms with Crippen molar-refractivity contribution in [3.8, 4) is 0 Å². The molecule has 0 spiro atoms. The molecule has 0 bridgehead atoms. The van der Waals surface area contributed by atoms with Crippen molar-refractivity contribution in [1.82, 2.24) is 0 Å². The molecule has 0 fully saturated rings. The van der Waals surface area contributed by atoms with Crippen LogP contribution in [0.1, 0.15) is 36.0 Å². The summed E-state index contributed by atoms with van der Waals surface area (Å²) in [5, 5.41) is 0. The van der Waals surface area contributed by atoms with Crippen LogP contribution in [-0.2, 0) is 0 Å². The van der Waals surface area contributed by atoms with Crippen molar-refractivity contribution < 1.29 is 4.42 Å². The second-order valence-corrected chi connectivity index (χ2v) is 3.46. The lowest BCUT2D eigenvalue weighted by atomic mass is 10.1. The first kappa shape index (κ1) is 12.3. The molecule has 1 aromatic rings. The minimum atomic E-state index is 0.825. The van der Waals surface area contributed by atoms with E-state index in [1.807, 2.05) is 19.1 Å². The van der Waals surface area contributed by atoms with E-state index in [0.29, 0.717) is 0 Å². The van der Waals surface area contributed by atoms with E-state index in [-0.39, 0.29) is 0 Å². The lowest BCUT2D eigenvalue weighted by Gasteiger charge is -1.93. The Bertz CT molecular complexity index is 431. The van der Waals surface area contributed by atoms with Crippen LogP contribution in [-0.4, -0.2) is 0 Å². The second kappa shape index (κ2) is 5.96. The third-order valence-corrected chi connectivity index (χ3v) is 2.30. The van der Waals surface area contributed by atoms with Crippen molar-refractivity contribution in [3.05, 3.63) is 54.0 Å². The Kier molecular flexibility index (Phi) is 4.59. The number of aryl methyl sites for hydroxylation is 1. The van der Waals surface area contributed by atoms with Gasteiger partial charge in [-0.2, -0.15) is 0 Å². The summed E-state index contributed by atoms with van der Waals surface area (Å²) in [4.78, 5) is 0. The van der Waals surface area contributed by atoms with Crippen molar-refractivity contribution in [2.45, 2.75) is 20.3 Å². The standard InChI is InChI=1S/C15H18O/c1-5-8-10-13-12(4)16-15(7-3)14(13)11-9-6-2/h5,7-11H,1,3,6H2,2,4H3/b10-8-,11-9-. The molecule has 0 aliphatic rings. The van der Waals surface area contributed by atoms with E-state index in [2.05, 4.69) is 32.2 Å². The molecule has 0 aliphatic carbocycles. The van der Waals surface area contributed by atoms with Crippen LogP contribution >= 0.6 is 0 Å². The molecular formula is C15H18O. The van der Waals surface area contributed by atoms with Crippen LogP contribution in [0, 0.1) is 6.92 Å². The maximum absolute atomic E-state index is 5.63. The van der Waals surface area contributed by atoms with Gasteiger partial charge in [-0.3, -0.25) is 0 Å². The molecule has 1 heterocycles. The van der Waals surface area contributed by atoms with Gasteiger partial charge in [-0.25, -0.2) is 0 Å². The van der Waals surface area contributed by atoms with E-state index in [0.717, 1.165) is 29.1 Å². The summed E-state index contributed by atoms with van der Waals surface area (Å²) in [6.45, 7) is 11.5. The fourth-order valence-electron chi connectivity index (χ4n) is 1.53. The highest BCUT2D eigenvalue weighted by molar-refractivity contribution is 5.73. The van der Waals surface area contributed by atoms with Crippen molar-refractivity contribution in [1.29, 1.82) is 0 Å². The van der Waals surface area contributed by atoms with Crippen molar-refractivity contribution in [2.75, 3.05) is 0 Å². The Labute approximate surface area is 97.5 Å². The zero-order valence-corrected chi connectivity index (χ0v) is 9.99. The summed E-state index contributed by atoms with van der Waals surface area (Å²) in [5.41, 5.74) is 2.19. The fraction of sp³-hybridized carbons (Fsp3) is 0.200. The van der Waals surface area contributed by atoms with Gasteiger partial charge in [-0.1, -0.05) is 50.5 Å². The van der Waals surface area contributed by atoms with Gasteiger partial charge < -0.3 is 4.42 Å². The first-order valence-corrected chi connectivity index (χ1v) is 5.46. The predicted octanol–water partition coefficient (Wildman–Crippen LogP) is 4.85. The number of hydrogen-bond acceptors (Lipinski definition) is 1. The molecule has 1 aromatic heterocycles. The van der Waals surface area contributed by atoms with Gasteiger partial charge in [-0.15, -0.1) is 0 Å². The van der Waals surface area contributed by atoms with Gasteiger partial charge in [0.15, 0.2) is 0 Å². The van der Waals surface area contributed by atoms with Gasteiger partial charge in [0.1, 0.15) is 11.5 Å². The molecule has 0 saturated carbocycles. The minimum Gasteiger partial charge on any atom is -0.461 e. The van der Waals surface area contributed by atoms with Crippen LogP contribution < -0.4 is 0 Å². The van der Waals surface area contributed by atoms with Gasteiger partial charge in [-0.05, 0) is 19.4 Å². The highest BCUT2D eigenvalue weighted by atomic mass is 16.3. The average molecular weight is 214 g/mol. The molecule has 0 N–H and O–H groups in total. The van der Waals surface area contributed by atoms with E-state index in [4.69, 9.17) is 4.42 Å². The Hall–Kier alpha value is -1.76. The molecule has 16 heavy (non-hydrogen) atoms. The Morgan fingerprint density at radius 3 is 2.50 bits per heavy atom. The van der Waals surface area contributed by atoms with E-state index in [1.165, 1.54) is 0 Å². The van der Waals surface area contributed by atoms with Gasteiger partial charge in [0.25, 0.3) is 0 Å². The zero-order valence-electron chi connectivity index (χ0n) is 9.99. The number of allylic oxidation sites excluding steroid dienone is 3. The van der Waals surface area contributed by atoms with Crippen LogP contribution in [0.3, 0.4) is 0 Å². The number of hydrogen-bond donors (Lipinski definition) is 0. The smallest absolute Gasteiger partial charge is 0.134 e. The predicted molar refractivity (Wildman–Crippen MR) is 72.1 cm³/mol. The maximum atomic E-state index is 5.63. The molecular weight excluding hydrogens is 196 g/mol. The second-order valence-electron chi connectivity index (χ2n) is 3.46. The Balaban J connectivity index is 3.27. The Morgan fingerprint density at radius 2 is 1.94 bits per heavy atom. The van der Waals surface area contributed by atoms with Gasteiger partial charge in [0, 0.05) is 11.1 Å². The van der Waals surface area contributed by atoms with Crippen LogP contribution in [0.2, 0.25) is 0 Å². The average Bonchev–Trinajstić information content (AvgIpc) is 2.60. The zero-order chi connectivity index (χ0) is 12.0. The fourth-order valence-corrected chi connectivity index (χ4v) is 1.53. The quantitative estimate of drug-likeness (QED) is 0.638. The Morgan fingerprint density at radius 1 is 1.19 bits per heavy atom. The van der Waals surface area contributed by atoms with Gasteiger partial charge in [0.2, 0.25) is 0 Å². The van der Waals surface area contributed by atoms with Crippen molar-refractivity contribution in [3.63, 3.8) is 0 Å². The molecule has 0 aromatic carbocycles. The molecule has 0 atom stereocenters. The van der Waals surface area contributed by atoms with Crippen LogP contribution in [0.25, 0.3) is 18.2 Å². The van der Waals surface area contributed by atoms with E-state index in [9.17, 15) is 0 Å². The first-order chi connectivity index (χ1) is 7.74. The van der Waals surface area contributed by atoms with Crippen molar-refractivity contribution >= 4 is 18.2 Å². The number of furan rings is 1. The topological polar surface area (TPSA) is 13.1 Å². The SMILES string of the molecule is C=C/C=C\c1c(C)oc(C=C)c1/C=C\CC. The monoisotopic (exact) mass is 214 g/mol. The summed E-state index contributed by atoms with van der Waals surface area (Å²) < 4.78 is 5.63. The summed E-state index contributed by atoms with van der Waals surface area (Å²) in [7, 11) is 0. The van der Waals surface area contributed by atoms with E-state index >= 15 is 0 Å². The normalized spacial score (nSPS) is 11.4. The molecule has 1 rings (SSSR count). The molecule has 0 unspecified atom stereocenters. The summed E-state index contributed by atoms with van der Waals surface area (Å²) >= 11 is 0. The molecule has 0 aliphatic heterocycles. The lowest BCUT2D eigenvalue weighted by molar-refractivity contribution is 0.524. The molecule has 1 nitrogen and oxygen atoms in total. The summed E-state index contributed by atoms with van der Waals surface area (Å²) in [6.07, 6.45) is 12.6. The lowest BCUT2D eigenvalue weighted by Crippen LogP contribution is -1.78. The number of rotatable bonds is 5. The molecule has 0 radical (unpaired) electrons. The van der Waals surface area contributed by atoms with Crippen LogP contribution in [0.15, 0.2) is 35.8 Å². The van der Waals surface area contributed by atoms with Gasteiger partial charge >= 0.3 is 0 Å². The molecule has 0 amide bonds. The van der Waals surface area contributed by atoms with E-state index in [1.54, 1.807) is 12.2 Å². The first-order valence-electron chi connectivity index (χ1n) is 5.46. The largest absolute Gasteiger partial charge is 0.461 e. The van der Waals surface area contributed by atoms with Crippen LogP contribution in [0.5, 0.6) is 0 Å². The summed E-state index contributed by atoms with van der Waals surface area (Å²) in [6, 6.07) is 0. The molecule has 84 valence electrons. The van der Waals surface area contributed by atoms with E-state index < -0.39 is 0 Å². The third-order valence-electron chi connectivity index (χ3n) is 2.30. The highest BCUT2D eigenvalue weighted by Gasteiger charge is 2.10. The van der Waals surface area contributed by atoms with Gasteiger partial charge in [0.05, 0.1) is 0 Å². The third kappa shape index (κ3) is 2.63.